The van der Waals surface area contributed by atoms with E-state index in [0.717, 1.165) is 35.6 Å². The van der Waals surface area contributed by atoms with E-state index in [2.05, 4.69) is 17.0 Å². The van der Waals surface area contributed by atoms with Gasteiger partial charge >= 0.3 is 0 Å². The van der Waals surface area contributed by atoms with Gasteiger partial charge in [0.1, 0.15) is 11.9 Å². The third kappa shape index (κ3) is 4.93. The lowest BCUT2D eigenvalue weighted by atomic mass is 10.1. The van der Waals surface area contributed by atoms with Gasteiger partial charge in [-0.3, -0.25) is 14.6 Å². The smallest absolute Gasteiger partial charge is 0.259 e. The molecule has 1 atom stereocenters. The monoisotopic (exact) mass is 543 g/mol. The summed E-state index contributed by atoms with van der Waals surface area (Å²) in [5.74, 6) is 0.963. The molecule has 3 aliphatic rings. The van der Waals surface area contributed by atoms with Crippen molar-refractivity contribution in [1.29, 1.82) is 0 Å². The highest BCUT2D eigenvalue weighted by Gasteiger charge is 2.42. The first kappa shape index (κ1) is 24.7. The van der Waals surface area contributed by atoms with E-state index in [0.29, 0.717) is 34.9 Å². The van der Waals surface area contributed by atoms with Gasteiger partial charge in [-0.25, -0.2) is 9.89 Å². The van der Waals surface area contributed by atoms with Crippen LogP contribution in [0, 0.1) is 0 Å². The zero-order chi connectivity index (χ0) is 26.1. The maximum Gasteiger partial charge on any atom is 0.259 e. The van der Waals surface area contributed by atoms with E-state index in [9.17, 15) is 9.59 Å². The SMILES string of the molecule is O=C(CC1N=C2c3ccccc3N=C(SCc3ccc(Cl)cc3)N2C1=O)N1CCN(c2ccccc2)CC1. The van der Waals surface area contributed by atoms with Crippen LogP contribution in [0.15, 0.2) is 88.8 Å². The van der Waals surface area contributed by atoms with Gasteiger partial charge in [-0.15, -0.1) is 0 Å². The molecule has 2 amide bonds. The Morgan fingerprint density at radius 3 is 2.39 bits per heavy atom. The summed E-state index contributed by atoms with van der Waals surface area (Å²) in [6.45, 7) is 2.78. The first-order valence-electron chi connectivity index (χ1n) is 12.6. The number of rotatable bonds is 5. The van der Waals surface area contributed by atoms with Crippen LogP contribution in [0.3, 0.4) is 0 Å². The highest BCUT2D eigenvalue weighted by atomic mass is 35.5. The van der Waals surface area contributed by atoms with Crippen molar-refractivity contribution in [2.45, 2.75) is 18.2 Å². The third-order valence-electron chi connectivity index (χ3n) is 6.95. The molecule has 0 spiro atoms. The number of piperazine rings is 1. The molecule has 1 saturated heterocycles. The van der Waals surface area contributed by atoms with Gasteiger partial charge in [-0.2, -0.15) is 0 Å². The second kappa shape index (κ2) is 10.6. The molecule has 0 radical (unpaired) electrons. The normalized spacial score (nSPS) is 18.6. The first-order valence-corrected chi connectivity index (χ1v) is 14.0. The molecule has 0 saturated carbocycles. The Labute approximate surface area is 230 Å². The number of fused-ring (bicyclic) bond motifs is 3. The number of carbonyl (C=O) groups excluding carboxylic acids is 2. The van der Waals surface area contributed by atoms with Crippen molar-refractivity contribution in [1.82, 2.24) is 9.80 Å². The number of anilines is 1. The molecule has 7 nitrogen and oxygen atoms in total. The average Bonchev–Trinajstić information content (AvgIpc) is 3.29. The van der Waals surface area contributed by atoms with Crippen molar-refractivity contribution in [3.05, 3.63) is 95.0 Å². The lowest BCUT2D eigenvalue weighted by Crippen LogP contribution is -2.49. The van der Waals surface area contributed by atoms with Crippen LogP contribution in [0.4, 0.5) is 11.4 Å². The molecule has 9 heteroatoms. The summed E-state index contributed by atoms with van der Waals surface area (Å²) in [4.78, 5) is 42.1. The molecule has 3 aliphatic heterocycles. The molecule has 1 unspecified atom stereocenters. The molecule has 0 N–H and O–H groups in total. The number of aliphatic imine (C=N–C) groups is 2. The Morgan fingerprint density at radius 2 is 1.63 bits per heavy atom. The van der Waals surface area contributed by atoms with Gasteiger partial charge < -0.3 is 9.80 Å². The third-order valence-corrected chi connectivity index (χ3v) is 8.21. The number of benzene rings is 3. The lowest BCUT2D eigenvalue weighted by Gasteiger charge is -2.36. The van der Waals surface area contributed by atoms with E-state index < -0.39 is 6.04 Å². The van der Waals surface area contributed by atoms with Crippen LogP contribution in [0.5, 0.6) is 0 Å². The summed E-state index contributed by atoms with van der Waals surface area (Å²) in [7, 11) is 0. The quantitative estimate of drug-likeness (QED) is 0.455. The number of hydrogen-bond acceptors (Lipinski definition) is 6. The van der Waals surface area contributed by atoms with Gasteiger partial charge in [0.25, 0.3) is 5.91 Å². The number of thioether (sulfide) groups is 1. The molecule has 0 aromatic heterocycles. The summed E-state index contributed by atoms with van der Waals surface area (Å²) in [5, 5.41) is 1.26. The van der Waals surface area contributed by atoms with Crippen molar-refractivity contribution in [2.24, 2.45) is 9.98 Å². The van der Waals surface area contributed by atoms with Gasteiger partial charge in [0.15, 0.2) is 5.17 Å². The van der Waals surface area contributed by atoms with E-state index in [1.54, 1.807) is 4.90 Å². The van der Waals surface area contributed by atoms with Crippen molar-refractivity contribution in [3.8, 4) is 0 Å². The number of carbonyl (C=O) groups is 2. The van der Waals surface area contributed by atoms with Crippen LogP contribution in [0.25, 0.3) is 0 Å². The molecule has 1 fully saturated rings. The Hall–Kier alpha value is -3.62. The van der Waals surface area contributed by atoms with Gasteiger partial charge in [-0.05, 0) is 42.0 Å². The molecule has 0 aliphatic carbocycles. The zero-order valence-electron chi connectivity index (χ0n) is 20.7. The fourth-order valence-electron chi connectivity index (χ4n) is 4.91. The maximum atomic E-state index is 13.6. The summed E-state index contributed by atoms with van der Waals surface area (Å²) < 4.78 is 0. The van der Waals surface area contributed by atoms with Crippen LogP contribution in [0.1, 0.15) is 17.5 Å². The number of amidine groups is 2. The minimum absolute atomic E-state index is 0.0409. The summed E-state index contributed by atoms with van der Waals surface area (Å²) in [5.41, 5.74) is 3.82. The van der Waals surface area contributed by atoms with Crippen molar-refractivity contribution >= 4 is 57.6 Å². The summed E-state index contributed by atoms with van der Waals surface area (Å²) >= 11 is 7.50. The number of halogens is 1. The Balaban J connectivity index is 1.16. The molecular weight excluding hydrogens is 518 g/mol. The van der Waals surface area contributed by atoms with E-state index in [1.165, 1.54) is 11.8 Å². The maximum absolute atomic E-state index is 13.6. The Bertz CT molecular complexity index is 1420. The molecule has 0 bridgehead atoms. The lowest BCUT2D eigenvalue weighted by molar-refractivity contribution is -0.135. The molecule has 3 aromatic rings. The highest BCUT2D eigenvalue weighted by Crippen LogP contribution is 2.35. The minimum atomic E-state index is -0.753. The van der Waals surface area contributed by atoms with Crippen molar-refractivity contribution in [3.63, 3.8) is 0 Å². The van der Waals surface area contributed by atoms with E-state index in [1.807, 2.05) is 71.6 Å². The summed E-state index contributed by atoms with van der Waals surface area (Å²) in [6.07, 6.45) is 0.0570. The molecule has 6 rings (SSSR count). The average molecular weight is 544 g/mol. The first-order chi connectivity index (χ1) is 18.6. The van der Waals surface area contributed by atoms with Gasteiger partial charge in [0.2, 0.25) is 5.91 Å². The zero-order valence-corrected chi connectivity index (χ0v) is 22.2. The topological polar surface area (TPSA) is 68.6 Å². The number of amides is 2. The Kier molecular flexibility index (Phi) is 6.91. The molecule has 192 valence electrons. The van der Waals surface area contributed by atoms with Gasteiger partial charge in [0, 0.05) is 48.2 Å². The predicted octanol–water partition coefficient (Wildman–Crippen LogP) is 4.97. The van der Waals surface area contributed by atoms with Gasteiger partial charge in [0.05, 0.1) is 12.1 Å². The molecular formula is C29H26ClN5O2S. The number of hydrogen-bond donors (Lipinski definition) is 0. The fourth-order valence-corrected chi connectivity index (χ4v) is 5.99. The largest absolute Gasteiger partial charge is 0.368 e. The van der Waals surface area contributed by atoms with E-state index in [4.69, 9.17) is 21.6 Å². The van der Waals surface area contributed by atoms with E-state index >= 15 is 0 Å². The van der Waals surface area contributed by atoms with Crippen LogP contribution in [-0.2, 0) is 15.3 Å². The molecule has 3 aromatic carbocycles. The van der Waals surface area contributed by atoms with E-state index in [-0.39, 0.29) is 18.2 Å². The van der Waals surface area contributed by atoms with Crippen LogP contribution < -0.4 is 4.90 Å². The second-order valence-corrected chi connectivity index (χ2v) is 10.8. The number of para-hydroxylation sites is 2. The van der Waals surface area contributed by atoms with Crippen molar-refractivity contribution in [2.75, 3.05) is 31.1 Å². The minimum Gasteiger partial charge on any atom is -0.368 e. The molecule has 3 heterocycles. The summed E-state index contributed by atoms with van der Waals surface area (Å²) in [6, 6.07) is 24.8. The van der Waals surface area contributed by atoms with Crippen molar-refractivity contribution < 1.29 is 9.59 Å². The Morgan fingerprint density at radius 1 is 0.921 bits per heavy atom. The standard InChI is InChI=1S/C29H26ClN5O2S/c30-21-12-10-20(11-13-21)19-38-29-32-24-9-5-4-8-23(24)27-31-25(28(37)35(27)29)18-26(36)34-16-14-33(15-17-34)22-6-2-1-3-7-22/h1-13,25H,14-19H2. The fraction of sp³-hybridized carbons (Fsp3) is 0.241. The van der Waals surface area contributed by atoms with Crippen LogP contribution >= 0.6 is 23.4 Å². The van der Waals surface area contributed by atoms with Gasteiger partial charge in [-0.1, -0.05) is 65.8 Å². The molecule has 38 heavy (non-hydrogen) atoms. The highest BCUT2D eigenvalue weighted by molar-refractivity contribution is 8.13. The predicted molar refractivity (Wildman–Crippen MR) is 153 cm³/mol. The van der Waals surface area contributed by atoms with Crippen LogP contribution in [0.2, 0.25) is 5.02 Å². The number of nitrogens with zero attached hydrogens (tertiary/aromatic N) is 5. The second-order valence-electron chi connectivity index (χ2n) is 9.38. The van der Waals surface area contributed by atoms with Crippen LogP contribution in [-0.4, -0.2) is 64.8 Å².